The van der Waals surface area contributed by atoms with Crippen LogP contribution in [0.3, 0.4) is 0 Å². The molecule has 118 valence electrons. The van der Waals surface area contributed by atoms with Crippen LogP contribution in [0.5, 0.6) is 0 Å². The van der Waals surface area contributed by atoms with Crippen LogP contribution in [0.4, 0.5) is 16.2 Å². The molecule has 0 spiro atoms. The van der Waals surface area contributed by atoms with Crippen LogP contribution in [-0.2, 0) is 4.74 Å². The van der Waals surface area contributed by atoms with Crippen molar-refractivity contribution in [1.29, 1.82) is 0 Å². The van der Waals surface area contributed by atoms with Gasteiger partial charge in [-0.2, -0.15) is 5.10 Å². The van der Waals surface area contributed by atoms with Crippen LogP contribution in [0.1, 0.15) is 38.4 Å². The lowest BCUT2D eigenvalue weighted by atomic mass is 10.1. The molecule has 2 aromatic rings. The van der Waals surface area contributed by atoms with Gasteiger partial charge in [0.15, 0.2) is 0 Å². The third-order valence-electron chi connectivity index (χ3n) is 3.33. The largest absolute Gasteiger partial charge is 0.453 e. The highest BCUT2D eigenvalue weighted by Crippen LogP contribution is 2.22. The van der Waals surface area contributed by atoms with E-state index in [1.54, 1.807) is 0 Å². The molecule has 1 amide bonds. The molecule has 1 atom stereocenters. The van der Waals surface area contributed by atoms with Crippen molar-refractivity contribution in [2.45, 2.75) is 32.9 Å². The van der Waals surface area contributed by atoms with Crippen molar-refractivity contribution < 1.29 is 9.53 Å². The zero-order valence-corrected chi connectivity index (χ0v) is 13.3. The number of methoxy groups -OCH3 is 1. The lowest BCUT2D eigenvalue weighted by Crippen LogP contribution is -2.11. The van der Waals surface area contributed by atoms with Crippen LogP contribution in [0.25, 0.3) is 0 Å². The Morgan fingerprint density at radius 3 is 2.64 bits per heavy atom. The minimum Gasteiger partial charge on any atom is -0.453 e. The number of rotatable bonds is 5. The number of hydrogen-bond donors (Lipinski definition) is 2. The van der Waals surface area contributed by atoms with Gasteiger partial charge in [-0.05, 0) is 39.0 Å². The molecule has 1 unspecified atom stereocenters. The second-order valence-electron chi connectivity index (χ2n) is 5.41. The van der Waals surface area contributed by atoms with Crippen molar-refractivity contribution in [3.05, 3.63) is 42.2 Å². The molecule has 1 heterocycles. The second-order valence-corrected chi connectivity index (χ2v) is 5.41. The maximum atomic E-state index is 11.2. The molecular weight excluding hydrogens is 280 g/mol. The van der Waals surface area contributed by atoms with Crippen LogP contribution in [0, 0.1) is 0 Å². The number of carbonyl (C=O) groups excluding carboxylic acids is 1. The molecule has 0 aliphatic rings. The highest BCUT2D eigenvalue weighted by molar-refractivity contribution is 5.85. The second kappa shape index (κ2) is 6.98. The summed E-state index contributed by atoms with van der Waals surface area (Å²) < 4.78 is 6.52. The van der Waals surface area contributed by atoms with E-state index in [-0.39, 0.29) is 6.04 Å². The molecular formula is C16H22N4O2. The van der Waals surface area contributed by atoms with Gasteiger partial charge in [-0.15, -0.1) is 0 Å². The number of hydrogen-bond acceptors (Lipinski definition) is 4. The van der Waals surface area contributed by atoms with Crippen molar-refractivity contribution in [2.75, 3.05) is 17.7 Å². The van der Waals surface area contributed by atoms with Gasteiger partial charge in [0, 0.05) is 29.2 Å². The van der Waals surface area contributed by atoms with Crippen molar-refractivity contribution in [3.63, 3.8) is 0 Å². The minimum absolute atomic E-state index is 0.112. The molecule has 2 rings (SSSR count). The summed E-state index contributed by atoms with van der Waals surface area (Å²) >= 11 is 0. The molecule has 0 saturated carbocycles. The smallest absolute Gasteiger partial charge is 0.411 e. The molecule has 0 fully saturated rings. The quantitative estimate of drug-likeness (QED) is 0.881. The summed E-state index contributed by atoms with van der Waals surface area (Å²) in [6.07, 6.45) is 3.43. The van der Waals surface area contributed by atoms with Crippen molar-refractivity contribution in [2.24, 2.45) is 0 Å². The van der Waals surface area contributed by atoms with Gasteiger partial charge in [-0.3, -0.25) is 10.00 Å². The fourth-order valence-corrected chi connectivity index (χ4v) is 2.05. The van der Waals surface area contributed by atoms with Crippen molar-refractivity contribution in [1.82, 2.24) is 9.78 Å². The van der Waals surface area contributed by atoms with Crippen LogP contribution in [-0.4, -0.2) is 23.0 Å². The van der Waals surface area contributed by atoms with E-state index in [1.807, 2.05) is 41.3 Å². The summed E-state index contributed by atoms with van der Waals surface area (Å²) in [5.41, 5.74) is 2.71. The normalized spacial score (nSPS) is 12.0. The van der Waals surface area contributed by atoms with E-state index >= 15 is 0 Å². The van der Waals surface area contributed by atoms with Crippen LogP contribution in [0.2, 0.25) is 0 Å². The number of carbonyl (C=O) groups is 1. The first-order valence-electron chi connectivity index (χ1n) is 7.25. The molecule has 1 aromatic heterocycles. The summed E-state index contributed by atoms with van der Waals surface area (Å²) in [7, 11) is 1.34. The Balaban J connectivity index is 2.05. The Hall–Kier alpha value is -2.50. The Morgan fingerprint density at radius 2 is 2.00 bits per heavy atom. The predicted octanol–water partition coefficient (Wildman–Crippen LogP) is 3.82. The summed E-state index contributed by atoms with van der Waals surface area (Å²) in [5, 5.41) is 10.4. The monoisotopic (exact) mass is 302 g/mol. The Morgan fingerprint density at radius 1 is 1.27 bits per heavy atom. The molecule has 0 aliphatic carbocycles. The number of ether oxygens (including phenoxy) is 1. The Kier molecular flexibility index (Phi) is 5.04. The first-order chi connectivity index (χ1) is 10.5. The van der Waals surface area contributed by atoms with Crippen LogP contribution < -0.4 is 10.6 Å². The Bertz CT molecular complexity index is 637. The van der Waals surface area contributed by atoms with E-state index in [0.29, 0.717) is 11.7 Å². The highest BCUT2D eigenvalue weighted by Gasteiger charge is 2.10. The average Bonchev–Trinajstić information content (AvgIpc) is 2.97. The van der Waals surface area contributed by atoms with E-state index < -0.39 is 6.09 Å². The third-order valence-corrected chi connectivity index (χ3v) is 3.33. The topological polar surface area (TPSA) is 68.2 Å². The third kappa shape index (κ3) is 4.00. The predicted molar refractivity (Wildman–Crippen MR) is 87.1 cm³/mol. The molecule has 6 nitrogen and oxygen atoms in total. The molecule has 0 saturated heterocycles. The summed E-state index contributed by atoms with van der Waals surface area (Å²) in [5.74, 6) is 0. The fourth-order valence-electron chi connectivity index (χ4n) is 2.05. The molecule has 0 bridgehead atoms. The number of nitrogens with zero attached hydrogens (tertiary/aromatic N) is 2. The van der Waals surface area contributed by atoms with Crippen molar-refractivity contribution >= 4 is 17.5 Å². The van der Waals surface area contributed by atoms with E-state index in [1.165, 1.54) is 7.11 Å². The SMILES string of the molecule is COC(=O)Nc1cccc(NC(C)c2cnn(C(C)C)c2)c1. The lowest BCUT2D eigenvalue weighted by Gasteiger charge is -2.15. The van der Waals surface area contributed by atoms with E-state index in [4.69, 9.17) is 0 Å². The maximum Gasteiger partial charge on any atom is 0.411 e. The first-order valence-corrected chi connectivity index (χ1v) is 7.25. The van der Waals surface area contributed by atoms with E-state index in [9.17, 15) is 4.79 Å². The van der Waals surface area contributed by atoms with E-state index in [0.717, 1.165) is 11.3 Å². The van der Waals surface area contributed by atoms with Gasteiger partial charge in [-0.1, -0.05) is 6.07 Å². The van der Waals surface area contributed by atoms with Gasteiger partial charge in [0.25, 0.3) is 0 Å². The van der Waals surface area contributed by atoms with Gasteiger partial charge >= 0.3 is 6.09 Å². The van der Waals surface area contributed by atoms with Crippen LogP contribution >= 0.6 is 0 Å². The highest BCUT2D eigenvalue weighted by atomic mass is 16.5. The number of anilines is 2. The summed E-state index contributed by atoms with van der Waals surface area (Å²) in [6, 6.07) is 7.95. The van der Waals surface area contributed by atoms with Crippen LogP contribution in [0.15, 0.2) is 36.7 Å². The molecule has 0 radical (unpaired) electrons. The standard InChI is InChI=1S/C16H22N4O2/c1-11(2)20-10-13(9-17-20)12(3)18-14-6-5-7-15(8-14)19-16(21)22-4/h5-12,18H,1-4H3,(H,19,21). The van der Waals surface area contributed by atoms with Gasteiger partial charge < -0.3 is 10.1 Å². The van der Waals surface area contributed by atoms with Crippen molar-refractivity contribution in [3.8, 4) is 0 Å². The number of nitrogens with one attached hydrogen (secondary N) is 2. The summed E-state index contributed by atoms with van der Waals surface area (Å²) in [4.78, 5) is 11.2. The molecule has 22 heavy (non-hydrogen) atoms. The number of aromatic nitrogens is 2. The molecule has 6 heteroatoms. The van der Waals surface area contributed by atoms with E-state index in [2.05, 4.69) is 41.2 Å². The molecule has 2 N–H and O–H groups in total. The average molecular weight is 302 g/mol. The van der Waals surface area contributed by atoms with Gasteiger partial charge in [0.2, 0.25) is 0 Å². The number of amides is 1. The first kappa shape index (κ1) is 15.9. The zero-order valence-electron chi connectivity index (χ0n) is 13.3. The van der Waals surface area contributed by atoms with Gasteiger partial charge in [0.05, 0.1) is 19.3 Å². The number of benzene rings is 1. The lowest BCUT2D eigenvalue weighted by molar-refractivity contribution is 0.187. The van der Waals surface area contributed by atoms with Gasteiger partial charge in [-0.25, -0.2) is 4.79 Å². The fraction of sp³-hybridized carbons (Fsp3) is 0.375. The minimum atomic E-state index is -0.483. The van der Waals surface area contributed by atoms with Gasteiger partial charge in [0.1, 0.15) is 0 Å². The molecule has 1 aromatic carbocycles. The maximum absolute atomic E-state index is 11.2. The Labute approximate surface area is 130 Å². The zero-order chi connectivity index (χ0) is 16.1. The summed E-state index contributed by atoms with van der Waals surface area (Å²) in [6.45, 7) is 6.26. The molecule has 0 aliphatic heterocycles.